The summed E-state index contributed by atoms with van der Waals surface area (Å²) in [5.41, 5.74) is 3.65. The predicted molar refractivity (Wildman–Crippen MR) is 149 cm³/mol. The van der Waals surface area contributed by atoms with Gasteiger partial charge in [0.15, 0.2) is 0 Å². The van der Waals surface area contributed by atoms with E-state index in [4.69, 9.17) is 0 Å². The molecule has 0 radical (unpaired) electrons. The van der Waals surface area contributed by atoms with Gasteiger partial charge < -0.3 is 15.2 Å². The molecule has 36 heavy (non-hydrogen) atoms. The first kappa shape index (κ1) is 23.7. The molecule has 5 aromatic rings. The van der Waals surface area contributed by atoms with Gasteiger partial charge in [-0.15, -0.1) is 11.8 Å². The van der Waals surface area contributed by atoms with Crippen molar-refractivity contribution in [1.82, 2.24) is 9.88 Å². The van der Waals surface area contributed by atoms with Crippen molar-refractivity contribution in [3.8, 4) is 0 Å². The van der Waals surface area contributed by atoms with E-state index >= 15 is 0 Å². The van der Waals surface area contributed by atoms with Crippen LogP contribution in [0.3, 0.4) is 0 Å². The van der Waals surface area contributed by atoms with E-state index < -0.39 is 0 Å². The second-order valence-electron chi connectivity index (χ2n) is 8.73. The number of fused-ring (bicyclic) bond motifs is 2. The van der Waals surface area contributed by atoms with Gasteiger partial charge in [0.2, 0.25) is 5.91 Å². The van der Waals surface area contributed by atoms with Crippen LogP contribution < -0.4 is 10.6 Å². The highest BCUT2D eigenvalue weighted by molar-refractivity contribution is 8.00. The molecular formula is C30H27N3O2S. The number of hydrogen-bond donors (Lipinski definition) is 2. The lowest BCUT2D eigenvalue weighted by Crippen LogP contribution is -2.27. The van der Waals surface area contributed by atoms with Gasteiger partial charge in [0.05, 0.1) is 5.75 Å². The average Bonchev–Trinajstić information content (AvgIpc) is 3.25. The SMILES string of the molecule is Cc1cccc(NC(=O)CSc2cn(CCNC(=O)c3ccc4ccccc4c3)c3ccccc23)c1. The Labute approximate surface area is 214 Å². The molecule has 0 spiro atoms. The van der Waals surface area contributed by atoms with E-state index in [1.807, 2.05) is 85.8 Å². The van der Waals surface area contributed by atoms with Crippen LogP contribution in [0.2, 0.25) is 0 Å². The lowest BCUT2D eigenvalue weighted by molar-refractivity contribution is -0.113. The number of anilines is 1. The Hall–Kier alpha value is -4.03. The van der Waals surface area contributed by atoms with Crippen molar-refractivity contribution in [1.29, 1.82) is 0 Å². The monoisotopic (exact) mass is 493 g/mol. The highest BCUT2D eigenvalue weighted by Crippen LogP contribution is 2.30. The molecule has 0 saturated carbocycles. The van der Waals surface area contributed by atoms with Crippen LogP contribution in [0.5, 0.6) is 0 Å². The van der Waals surface area contributed by atoms with E-state index in [9.17, 15) is 9.59 Å². The maximum atomic E-state index is 12.7. The fourth-order valence-corrected chi connectivity index (χ4v) is 5.19. The van der Waals surface area contributed by atoms with Crippen molar-refractivity contribution in [2.75, 3.05) is 17.6 Å². The van der Waals surface area contributed by atoms with Crippen LogP contribution in [0.4, 0.5) is 5.69 Å². The Bertz CT molecular complexity index is 1560. The molecule has 0 unspecified atom stereocenters. The van der Waals surface area contributed by atoms with Crippen LogP contribution in [0, 0.1) is 6.92 Å². The Morgan fingerprint density at radius 2 is 1.67 bits per heavy atom. The third-order valence-corrected chi connectivity index (χ3v) is 7.11. The fraction of sp³-hybridized carbons (Fsp3) is 0.133. The van der Waals surface area contributed by atoms with Crippen molar-refractivity contribution < 1.29 is 9.59 Å². The number of para-hydroxylation sites is 1. The minimum absolute atomic E-state index is 0.0370. The van der Waals surface area contributed by atoms with Crippen LogP contribution in [0.15, 0.2) is 102 Å². The summed E-state index contributed by atoms with van der Waals surface area (Å²) in [6.07, 6.45) is 2.07. The summed E-state index contributed by atoms with van der Waals surface area (Å²) in [6.45, 7) is 3.14. The van der Waals surface area contributed by atoms with Crippen molar-refractivity contribution in [3.63, 3.8) is 0 Å². The number of amides is 2. The number of thioether (sulfide) groups is 1. The van der Waals surface area contributed by atoms with E-state index in [-0.39, 0.29) is 11.8 Å². The molecule has 2 amide bonds. The molecule has 0 aliphatic heterocycles. The zero-order valence-electron chi connectivity index (χ0n) is 20.0. The maximum absolute atomic E-state index is 12.7. The number of aromatic nitrogens is 1. The van der Waals surface area contributed by atoms with Crippen LogP contribution >= 0.6 is 11.8 Å². The van der Waals surface area contributed by atoms with Gasteiger partial charge in [0.25, 0.3) is 5.91 Å². The number of rotatable bonds is 8. The van der Waals surface area contributed by atoms with Crippen LogP contribution in [0.25, 0.3) is 21.7 Å². The largest absolute Gasteiger partial charge is 0.350 e. The van der Waals surface area contributed by atoms with Gasteiger partial charge in [-0.1, -0.05) is 60.7 Å². The standard InChI is InChI=1S/C30H27N3O2S/c1-21-7-6-10-25(17-21)32-29(34)20-36-28-19-33(27-12-5-4-11-26(27)28)16-15-31-30(35)24-14-13-22-8-2-3-9-23(22)18-24/h2-14,17-19H,15-16,20H2,1H3,(H,31,35)(H,32,34). The smallest absolute Gasteiger partial charge is 0.251 e. The summed E-state index contributed by atoms with van der Waals surface area (Å²) in [5.74, 6) is 0.199. The molecule has 0 saturated heterocycles. The zero-order chi connectivity index (χ0) is 24.9. The Morgan fingerprint density at radius 3 is 2.53 bits per heavy atom. The Morgan fingerprint density at radius 1 is 0.861 bits per heavy atom. The number of benzene rings is 4. The van der Waals surface area contributed by atoms with Gasteiger partial charge in [-0.2, -0.15) is 0 Å². The quantitative estimate of drug-likeness (QED) is 0.251. The van der Waals surface area contributed by atoms with Gasteiger partial charge in [0.1, 0.15) is 0 Å². The lowest BCUT2D eigenvalue weighted by Gasteiger charge is -2.08. The molecule has 2 N–H and O–H groups in total. The van der Waals surface area contributed by atoms with Gasteiger partial charge in [0, 0.05) is 46.3 Å². The molecule has 4 aromatic carbocycles. The van der Waals surface area contributed by atoms with E-state index in [1.165, 1.54) is 11.8 Å². The van der Waals surface area contributed by atoms with Gasteiger partial charge >= 0.3 is 0 Å². The molecule has 180 valence electrons. The summed E-state index contributed by atoms with van der Waals surface area (Å²) < 4.78 is 2.14. The summed E-state index contributed by atoms with van der Waals surface area (Å²) in [4.78, 5) is 26.3. The number of nitrogens with zero attached hydrogens (tertiary/aromatic N) is 1. The maximum Gasteiger partial charge on any atom is 0.251 e. The van der Waals surface area contributed by atoms with Gasteiger partial charge in [-0.3, -0.25) is 9.59 Å². The first-order valence-electron chi connectivity index (χ1n) is 11.9. The molecule has 0 atom stereocenters. The van der Waals surface area contributed by atoms with E-state index in [2.05, 4.69) is 33.5 Å². The molecule has 6 heteroatoms. The molecule has 5 nitrogen and oxygen atoms in total. The highest BCUT2D eigenvalue weighted by atomic mass is 32.2. The van der Waals surface area contributed by atoms with E-state index in [1.54, 1.807) is 0 Å². The molecule has 0 aliphatic carbocycles. The summed E-state index contributed by atoms with van der Waals surface area (Å²) in [6, 6.07) is 29.7. The zero-order valence-corrected chi connectivity index (χ0v) is 20.8. The molecule has 0 fully saturated rings. The van der Waals surface area contributed by atoms with E-state index in [0.29, 0.717) is 24.4 Å². The first-order valence-corrected chi connectivity index (χ1v) is 12.9. The number of carbonyl (C=O) groups excluding carboxylic acids is 2. The van der Waals surface area contributed by atoms with E-state index in [0.717, 1.165) is 37.8 Å². The van der Waals surface area contributed by atoms with Crippen LogP contribution in [0.1, 0.15) is 15.9 Å². The molecule has 0 bridgehead atoms. The van der Waals surface area contributed by atoms with Gasteiger partial charge in [-0.05, 0) is 53.6 Å². The summed E-state index contributed by atoms with van der Waals surface area (Å²) >= 11 is 1.52. The minimum atomic E-state index is -0.0837. The molecule has 0 aliphatic rings. The molecule has 1 aromatic heterocycles. The summed E-state index contributed by atoms with van der Waals surface area (Å²) in [7, 11) is 0. The Kier molecular flexibility index (Phi) is 7.05. The third-order valence-electron chi connectivity index (χ3n) is 6.06. The minimum Gasteiger partial charge on any atom is -0.350 e. The number of nitrogens with one attached hydrogen (secondary N) is 2. The number of aryl methyl sites for hydroxylation is 1. The van der Waals surface area contributed by atoms with Crippen molar-refractivity contribution in [3.05, 3.63) is 108 Å². The van der Waals surface area contributed by atoms with Crippen LogP contribution in [-0.2, 0) is 11.3 Å². The second kappa shape index (κ2) is 10.7. The Balaban J connectivity index is 1.22. The van der Waals surface area contributed by atoms with Crippen molar-refractivity contribution in [2.24, 2.45) is 0 Å². The summed E-state index contributed by atoms with van der Waals surface area (Å²) in [5, 5.41) is 9.27. The van der Waals surface area contributed by atoms with Gasteiger partial charge in [-0.25, -0.2) is 0 Å². The molecule has 5 rings (SSSR count). The second-order valence-corrected chi connectivity index (χ2v) is 9.75. The van der Waals surface area contributed by atoms with Crippen molar-refractivity contribution in [2.45, 2.75) is 18.4 Å². The lowest BCUT2D eigenvalue weighted by atomic mass is 10.1. The molecule has 1 heterocycles. The normalized spacial score (nSPS) is 11.0. The first-order chi connectivity index (χ1) is 17.6. The number of hydrogen-bond acceptors (Lipinski definition) is 3. The fourth-order valence-electron chi connectivity index (χ4n) is 4.30. The third kappa shape index (κ3) is 5.44. The molecular weight excluding hydrogens is 466 g/mol. The number of carbonyl (C=O) groups is 2. The van der Waals surface area contributed by atoms with Crippen LogP contribution in [-0.4, -0.2) is 28.7 Å². The average molecular weight is 494 g/mol. The topological polar surface area (TPSA) is 63.1 Å². The predicted octanol–water partition coefficient (Wildman–Crippen LogP) is 6.26. The van der Waals surface area contributed by atoms with Crippen molar-refractivity contribution >= 4 is 50.9 Å². The highest BCUT2D eigenvalue weighted by Gasteiger charge is 2.12.